The second-order valence-corrected chi connectivity index (χ2v) is 7.91. The maximum absolute atomic E-state index is 6.14. The molecule has 2 heteroatoms. The second-order valence-electron chi connectivity index (χ2n) is 7.06. The SMILES string of the molecule is CC(C)c1cc(C(C)(C)C)cc(Br)c1OCc1ccccc1. The van der Waals surface area contributed by atoms with Crippen LogP contribution in [0.5, 0.6) is 5.75 Å². The second kappa shape index (κ2) is 6.87. The van der Waals surface area contributed by atoms with E-state index in [9.17, 15) is 0 Å². The van der Waals surface area contributed by atoms with Gasteiger partial charge in [0.1, 0.15) is 12.4 Å². The fraction of sp³-hybridized carbons (Fsp3) is 0.400. The van der Waals surface area contributed by atoms with Gasteiger partial charge in [0, 0.05) is 0 Å². The highest BCUT2D eigenvalue weighted by atomic mass is 79.9. The summed E-state index contributed by atoms with van der Waals surface area (Å²) in [5, 5.41) is 0. The lowest BCUT2D eigenvalue weighted by Gasteiger charge is -2.24. The van der Waals surface area contributed by atoms with Gasteiger partial charge in [0.2, 0.25) is 0 Å². The molecule has 2 aromatic rings. The average molecular weight is 361 g/mol. The zero-order valence-electron chi connectivity index (χ0n) is 14.1. The van der Waals surface area contributed by atoms with Gasteiger partial charge in [-0.15, -0.1) is 0 Å². The normalized spacial score (nSPS) is 11.8. The highest BCUT2D eigenvalue weighted by Crippen LogP contribution is 2.38. The Morgan fingerprint density at radius 3 is 2.23 bits per heavy atom. The van der Waals surface area contributed by atoms with E-state index in [1.54, 1.807) is 0 Å². The van der Waals surface area contributed by atoms with Gasteiger partial charge in [-0.25, -0.2) is 0 Å². The van der Waals surface area contributed by atoms with E-state index in [0.29, 0.717) is 12.5 Å². The van der Waals surface area contributed by atoms with Crippen molar-refractivity contribution in [2.45, 2.75) is 52.6 Å². The van der Waals surface area contributed by atoms with Gasteiger partial charge in [0.05, 0.1) is 4.47 Å². The van der Waals surface area contributed by atoms with E-state index in [1.807, 2.05) is 18.2 Å². The van der Waals surface area contributed by atoms with Crippen molar-refractivity contribution in [2.24, 2.45) is 0 Å². The lowest BCUT2D eigenvalue weighted by atomic mass is 9.84. The molecule has 0 fully saturated rings. The molecule has 2 aromatic carbocycles. The van der Waals surface area contributed by atoms with E-state index in [4.69, 9.17) is 4.74 Å². The number of benzene rings is 2. The molecule has 0 spiro atoms. The summed E-state index contributed by atoms with van der Waals surface area (Å²) < 4.78 is 7.18. The molecule has 1 nitrogen and oxygen atoms in total. The van der Waals surface area contributed by atoms with Gasteiger partial charge in [-0.3, -0.25) is 0 Å². The number of halogens is 1. The molecule has 0 N–H and O–H groups in total. The van der Waals surface area contributed by atoms with Crippen LogP contribution in [0.4, 0.5) is 0 Å². The first-order chi connectivity index (χ1) is 10.3. The van der Waals surface area contributed by atoms with E-state index in [2.05, 4.69) is 74.8 Å². The van der Waals surface area contributed by atoms with Gasteiger partial charge in [-0.2, -0.15) is 0 Å². The summed E-state index contributed by atoms with van der Waals surface area (Å²) in [6.45, 7) is 11.7. The number of hydrogen-bond donors (Lipinski definition) is 0. The van der Waals surface area contributed by atoms with Gasteiger partial charge in [0.25, 0.3) is 0 Å². The number of rotatable bonds is 4. The van der Waals surface area contributed by atoms with Crippen molar-refractivity contribution in [2.75, 3.05) is 0 Å². The topological polar surface area (TPSA) is 9.23 Å². The molecule has 0 bridgehead atoms. The largest absolute Gasteiger partial charge is 0.487 e. The molecule has 0 atom stereocenters. The summed E-state index contributed by atoms with van der Waals surface area (Å²) in [5.41, 5.74) is 3.90. The van der Waals surface area contributed by atoms with Crippen molar-refractivity contribution in [3.05, 3.63) is 63.6 Å². The molecule has 0 aliphatic rings. The predicted octanol–water partition coefficient (Wildman–Crippen LogP) is 6.45. The van der Waals surface area contributed by atoms with Gasteiger partial charge >= 0.3 is 0 Å². The minimum Gasteiger partial charge on any atom is -0.487 e. The predicted molar refractivity (Wildman–Crippen MR) is 97.7 cm³/mol. The first-order valence-electron chi connectivity index (χ1n) is 7.79. The number of hydrogen-bond acceptors (Lipinski definition) is 1. The third kappa shape index (κ3) is 4.13. The Kier molecular flexibility index (Phi) is 5.33. The van der Waals surface area contributed by atoms with Crippen molar-refractivity contribution in [3.63, 3.8) is 0 Å². The van der Waals surface area contributed by atoms with Crippen LogP contribution < -0.4 is 4.74 Å². The van der Waals surface area contributed by atoms with Crippen molar-refractivity contribution < 1.29 is 4.74 Å². The quantitative estimate of drug-likeness (QED) is 0.608. The molecule has 0 radical (unpaired) electrons. The minimum absolute atomic E-state index is 0.129. The molecule has 2 rings (SSSR count). The van der Waals surface area contributed by atoms with Crippen molar-refractivity contribution in [3.8, 4) is 5.75 Å². The summed E-state index contributed by atoms with van der Waals surface area (Å²) >= 11 is 3.71. The third-order valence-corrected chi connectivity index (χ3v) is 4.38. The maximum atomic E-state index is 6.14. The van der Waals surface area contributed by atoms with Gasteiger partial charge < -0.3 is 4.74 Å². The fourth-order valence-corrected chi connectivity index (χ4v) is 2.95. The molecular weight excluding hydrogens is 336 g/mol. The van der Waals surface area contributed by atoms with E-state index >= 15 is 0 Å². The van der Waals surface area contributed by atoms with E-state index in [0.717, 1.165) is 10.2 Å². The Balaban J connectivity index is 2.34. The molecule has 0 saturated heterocycles. The average Bonchev–Trinajstić information content (AvgIpc) is 2.45. The molecule has 0 aliphatic carbocycles. The molecular formula is C20H25BrO. The third-order valence-electron chi connectivity index (χ3n) is 3.79. The van der Waals surface area contributed by atoms with Gasteiger partial charge in [0.15, 0.2) is 0 Å². The van der Waals surface area contributed by atoms with Crippen LogP contribution >= 0.6 is 15.9 Å². The molecule has 0 amide bonds. The van der Waals surface area contributed by atoms with E-state index < -0.39 is 0 Å². The van der Waals surface area contributed by atoms with Crippen LogP contribution in [0.25, 0.3) is 0 Å². The van der Waals surface area contributed by atoms with Crippen LogP contribution in [-0.2, 0) is 12.0 Å². The van der Waals surface area contributed by atoms with Crippen molar-refractivity contribution >= 4 is 15.9 Å². The van der Waals surface area contributed by atoms with Gasteiger partial charge in [-0.05, 0) is 50.0 Å². The van der Waals surface area contributed by atoms with Crippen molar-refractivity contribution in [1.29, 1.82) is 0 Å². The van der Waals surface area contributed by atoms with Crippen LogP contribution in [0.2, 0.25) is 0 Å². The smallest absolute Gasteiger partial charge is 0.137 e. The summed E-state index contributed by atoms with van der Waals surface area (Å²) in [5.74, 6) is 1.39. The molecule has 0 aromatic heterocycles. The summed E-state index contributed by atoms with van der Waals surface area (Å²) in [7, 11) is 0. The Labute approximate surface area is 142 Å². The van der Waals surface area contributed by atoms with E-state index in [-0.39, 0.29) is 5.41 Å². The highest BCUT2D eigenvalue weighted by Gasteiger charge is 2.20. The monoisotopic (exact) mass is 360 g/mol. The van der Waals surface area contributed by atoms with E-state index in [1.165, 1.54) is 16.7 Å². The van der Waals surface area contributed by atoms with Gasteiger partial charge in [-0.1, -0.05) is 71.0 Å². The first-order valence-corrected chi connectivity index (χ1v) is 8.59. The zero-order chi connectivity index (χ0) is 16.3. The highest BCUT2D eigenvalue weighted by molar-refractivity contribution is 9.10. The summed E-state index contributed by atoms with van der Waals surface area (Å²) in [6.07, 6.45) is 0. The molecule has 0 saturated carbocycles. The Morgan fingerprint density at radius 1 is 1.05 bits per heavy atom. The van der Waals surface area contributed by atoms with Crippen LogP contribution in [-0.4, -0.2) is 0 Å². The number of ether oxygens (including phenoxy) is 1. The Hall–Kier alpha value is -1.28. The molecule has 0 heterocycles. The zero-order valence-corrected chi connectivity index (χ0v) is 15.7. The van der Waals surface area contributed by atoms with Crippen LogP contribution in [0.1, 0.15) is 57.2 Å². The standard InChI is InChI=1S/C20H25BrO/c1-14(2)17-11-16(20(3,4)5)12-18(21)19(17)22-13-15-9-7-6-8-10-15/h6-12,14H,13H2,1-5H3. The first kappa shape index (κ1) is 17.1. The van der Waals surface area contributed by atoms with Crippen LogP contribution in [0.15, 0.2) is 46.9 Å². The Morgan fingerprint density at radius 2 is 1.68 bits per heavy atom. The maximum Gasteiger partial charge on any atom is 0.137 e. The minimum atomic E-state index is 0.129. The van der Waals surface area contributed by atoms with Crippen LogP contribution in [0.3, 0.4) is 0 Å². The Bertz CT molecular complexity index is 624. The lowest BCUT2D eigenvalue weighted by molar-refractivity contribution is 0.299. The summed E-state index contributed by atoms with van der Waals surface area (Å²) in [6, 6.07) is 14.8. The molecule has 118 valence electrons. The molecule has 22 heavy (non-hydrogen) atoms. The molecule has 0 unspecified atom stereocenters. The molecule has 0 aliphatic heterocycles. The van der Waals surface area contributed by atoms with Crippen molar-refractivity contribution in [1.82, 2.24) is 0 Å². The fourth-order valence-electron chi connectivity index (χ4n) is 2.36. The lowest BCUT2D eigenvalue weighted by Crippen LogP contribution is -2.12. The van der Waals surface area contributed by atoms with Crippen LogP contribution in [0, 0.1) is 0 Å². The summed E-state index contributed by atoms with van der Waals surface area (Å²) in [4.78, 5) is 0.